The van der Waals surface area contributed by atoms with Crippen molar-refractivity contribution in [1.82, 2.24) is 5.32 Å². The van der Waals surface area contributed by atoms with Crippen molar-refractivity contribution in [1.29, 1.82) is 0 Å². The molecule has 1 aromatic rings. The number of hydrogen-bond donors (Lipinski definition) is 4. The van der Waals surface area contributed by atoms with Gasteiger partial charge >= 0.3 is 0 Å². The molecule has 0 aromatic heterocycles. The summed E-state index contributed by atoms with van der Waals surface area (Å²) in [6, 6.07) is 5.95. The highest BCUT2D eigenvalue weighted by molar-refractivity contribution is 6.10. The van der Waals surface area contributed by atoms with E-state index in [1.54, 1.807) is 31.2 Å². The van der Waals surface area contributed by atoms with E-state index in [0.717, 1.165) is 19.3 Å². The number of carbonyl (C=O) groups is 2. The molecule has 41 heavy (non-hydrogen) atoms. The van der Waals surface area contributed by atoms with Crippen LogP contribution in [0.15, 0.2) is 24.3 Å². The van der Waals surface area contributed by atoms with Gasteiger partial charge in [-0.25, -0.2) is 0 Å². The molecule has 2 heterocycles. The maximum absolute atomic E-state index is 13.1. The van der Waals surface area contributed by atoms with Crippen molar-refractivity contribution in [3.8, 4) is 0 Å². The number of unbranched alkanes of at least 4 members (excludes halogenated alkanes) is 13. The van der Waals surface area contributed by atoms with E-state index in [0.29, 0.717) is 17.9 Å². The average molecular weight is 577 g/mol. The van der Waals surface area contributed by atoms with Gasteiger partial charge in [-0.05, 0) is 25.5 Å². The van der Waals surface area contributed by atoms with Crippen molar-refractivity contribution in [2.45, 2.75) is 140 Å². The number of carbonyl (C=O) groups excluding carboxylic acids is 2. The Morgan fingerprint density at radius 1 is 0.829 bits per heavy atom. The molecule has 2 unspecified atom stereocenters. The summed E-state index contributed by atoms with van der Waals surface area (Å²) in [5.74, 6) is -0.724. The first kappa shape index (κ1) is 33.5. The molecule has 0 saturated carbocycles. The van der Waals surface area contributed by atoms with Gasteiger partial charge in [0.15, 0.2) is 6.29 Å². The number of fused-ring (bicyclic) bond motifs is 1. The molecule has 1 saturated heterocycles. The second-order valence-corrected chi connectivity index (χ2v) is 11.6. The third-order valence-electron chi connectivity index (χ3n) is 8.25. The topological polar surface area (TPSA) is 129 Å². The Morgan fingerprint density at radius 2 is 1.39 bits per heavy atom. The number of nitrogens with zero attached hydrogens (tertiary/aromatic N) is 1. The second kappa shape index (κ2) is 17.8. The fourth-order valence-electron chi connectivity index (χ4n) is 5.74. The quantitative estimate of drug-likeness (QED) is 0.190. The maximum Gasteiger partial charge on any atom is 0.254 e. The lowest BCUT2D eigenvalue weighted by Crippen LogP contribution is -2.61. The zero-order valence-electron chi connectivity index (χ0n) is 25.0. The zero-order chi connectivity index (χ0) is 29.6. The summed E-state index contributed by atoms with van der Waals surface area (Å²) in [6.45, 7) is 4.08. The maximum atomic E-state index is 13.1. The van der Waals surface area contributed by atoms with Crippen molar-refractivity contribution >= 4 is 17.5 Å². The molecule has 2 aliphatic rings. The molecule has 2 aliphatic heterocycles. The van der Waals surface area contributed by atoms with E-state index in [1.165, 1.54) is 75.5 Å². The van der Waals surface area contributed by atoms with E-state index in [4.69, 9.17) is 9.47 Å². The highest BCUT2D eigenvalue weighted by Crippen LogP contribution is 2.29. The standard InChI is InChI=1S/C32H52N2O7/c1-3-4-5-6-7-8-9-10-11-12-13-14-15-18-21-40-29-27(35)26(41-32(39)28(29)36)22-34-25-20-17-16-19-24(25)30(37)33-23(2)31(34)38/h16-17,19-20,23,26-29,32,35-36,39H,3-15,18,21-22H2,1-2H3,(H,33,37)/t23?,26-,27-,28-,29+,32?/m1/s1. The molecule has 0 aliphatic carbocycles. The number of hydrogen-bond acceptors (Lipinski definition) is 7. The fraction of sp³-hybridized carbons (Fsp3) is 0.750. The van der Waals surface area contributed by atoms with Crippen molar-refractivity contribution in [2.24, 2.45) is 0 Å². The van der Waals surface area contributed by atoms with E-state index in [-0.39, 0.29) is 18.4 Å². The SMILES string of the molecule is CCCCCCCCCCCCCCCCO[C@H]1[C@H](O)[C@@H](CN2C(=O)C(C)NC(=O)c3ccccc32)OC(O)[C@@H]1O. The van der Waals surface area contributed by atoms with Gasteiger partial charge < -0.3 is 35.0 Å². The number of ether oxygens (including phenoxy) is 2. The molecular weight excluding hydrogens is 524 g/mol. The number of aliphatic hydroxyl groups is 3. The third-order valence-corrected chi connectivity index (χ3v) is 8.25. The van der Waals surface area contributed by atoms with Gasteiger partial charge in [0, 0.05) is 6.61 Å². The smallest absolute Gasteiger partial charge is 0.254 e. The number of anilines is 1. The molecule has 3 rings (SSSR count). The first-order chi connectivity index (χ1) is 19.8. The first-order valence-electron chi connectivity index (χ1n) is 15.9. The predicted molar refractivity (Wildman–Crippen MR) is 159 cm³/mol. The van der Waals surface area contributed by atoms with Crippen LogP contribution < -0.4 is 10.2 Å². The third kappa shape index (κ3) is 10.0. The zero-order valence-corrected chi connectivity index (χ0v) is 25.0. The lowest BCUT2D eigenvalue weighted by molar-refractivity contribution is -0.287. The fourth-order valence-corrected chi connectivity index (χ4v) is 5.74. The first-order valence-corrected chi connectivity index (χ1v) is 15.9. The number of amides is 2. The lowest BCUT2D eigenvalue weighted by atomic mass is 9.97. The predicted octanol–water partition coefficient (Wildman–Crippen LogP) is 4.46. The van der Waals surface area contributed by atoms with E-state index in [1.807, 2.05) is 0 Å². The molecule has 4 N–H and O–H groups in total. The number of para-hydroxylation sites is 1. The van der Waals surface area contributed by atoms with Crippen molar-refractivity contribution in [3.05, 3.63) is 29.8 Å². The highest BCUT2D eigenvalue weighted by atomic mass is 16.6. The molecule has 9 heteroatoms. The van der Waals surface area contributed by atoms with Crippen LogP contribution in [0.2, 0.25) is 0 Å². The Bertz CT molecular complexity index is 929. The normalized spacial score (nSPS) is 26.5. The Kier molecular flexibility index (Phi) is 14.5. The van der Waals surface area contributed by atoms with Gasteiger partial charge in [0.1, 0.15) is 30.5 Å². The van der Waals surface area contributed by atoms with Gasteiger partial charge in [0.2, 0.25) is 5.91 Å². The van der Waals surface area contributed by atoms with Crippen LogP contribution in [0.1, 0.15) is 114 Å². The Hall–Kier alpha value is -2.04. The van der Waals surface area contributed by atoms with Crippen LogP contribution in [0.3, 0.4) is 0 Å². The highest BCUT2D eigenvalue weighted by Gasteiger charge is 2.46. The molecule has 9 nitrogen and oxygen atoms in total. The number of nitrogens with one attached hydrogen (secondary N) is 1. The minimum atomic E-state index is -1.57. The molecule has 1 fully saturated rings. The van der Waals surface area contributed by atoms with Gasteiger partial charge in [-0.1, -0.05) is 103 Å². The molecular formula is C32H52N2O7. The Balaban J connectivity index is 1.39. The summed E-state index contributed by atoms with van der Waals surface area (Å²) >= 11 is 0. The summed E-state index contributed by atoms with van der Waals surface area (Å²) < 4.78 is 11.4. The van der Waals surface area contributed by atoms with Gasteiger partial charge in [0.25, 0.3) is 5.91 Å². The Labute approximate surface area is 245 Å². The second-order valence-electron chi connectivity index (χ2n) is 11.6. The summed E-state index contributed by atoms with van der Waals surface area (Å²) in [6.07, 6.45) is 11.1. The summed E-state index contributed by atoms with van der Waals surface area (Å²) in [5, 5.41) is 34.6. The molecule has 1 aromatic carbocycles. The minimum Gasteiger partial charge on any atom is -0.388 e. The van der Waals surface area contributed by atoms with Crippen LogP contribution in [0.5, 0.6) is 0 Å². The summed E-state index contributed by atoms with van der Waals surface area (Å²) in [4.78, 5) is 27.1. The summed E-state index contributed by atoms with van der Waals surface area (Å²) in [7, 11) is 0. The van der Waals surface area contributed by atoms with E-state index < -0.39 is 36.7 Å². The van der Waals surface area contributed by atoms with Crippen LogP contribution in [-0.2, 0) is 14.3 Å². The van der Waals surface area contributed by atoms with E-state index in [2.05, 4.69) is 12.2 Å². The largest absolute Gasteiger partial charge is 0.388 e. The molecule has 2 amide bonds. The van der Waals surface area contributed by atoms with Gasteiger partial charge in [-0.3, -0.25) is 9.59 Å². The lowest BCUT2D eigenvalue weighted by Gasteiger charge is -2.42. The van der Waals surface area contributed by atoms with Crippen molar-refractivity contribution in [2.75, 3.05) is 18.1 Å². The van der Waals surface area contributed by atoms with Gasteiger partial charge in [-0.15, -0.1) is 0 Å². The number of benzene rings is 1. The minimum absolute atomic E-state index is 0.112. The Morgan fingerprint density at radius 3 is 2.00 bits per heavy atom. The monoisotopic (exact) mass is 576 g/mol. The molecule has 232 valence electrons. The van der Waals surface area contributed by atoms with Crippen LogP contribution in [0.25, 0.3) is 0 Å². The van der Waals surface area contributed by atoms with Gasteiger partial charge in [0.05, 0.1) is 17.8 Å². The van der Waals surface area contributed by atoms with Crippen molar-refractivity contribution < 1.29 is 34.4 Å². The van der Waals surface area contributed by atoms with Gasteiger partial charge in [-0.2, -0.15) is 0 Å². The molecule has 0 spiro atoms. The molecule has 0 bridgehead atoms. The summed E-state index contributed by atoms with van der Waals surface area (Å²) in [5.41, 5.74) is 0.734. The number of rotatable bonds is 18. The van der Waals surface area contributed by atoms with E-state index >= 15 is 0 Å². The number of aliphatic hydroxyl groups excluding tert-OH is 3. The van der Waals surface area contributed by atoms with Crippen LogP contribution >= 0.6 is 0 Å². The van der Waals surface area contributed by atoms with Crippen LogP contribution in [0, 0.1) is 0 Å². The van der Waals surface area contributed by atoms with E-state index in [9.17, 15) is 24.9 Å². The van der Waals surface area contributed by atoms with Crippen LogP contribution in [0.4, 0.5) is 5.69 Å². The molecule has 0 radical (unpaired) electrons. The van der Waals surface area contributed by atoms with Crippen molar-refractivity contribution in [3.63, 3.8) is 0 Å². The molecule has 6 atom stereocenters. The average Bonchev–Trinajstić information content (AvgIpc) is 3.05. The van der Waals surface area contributed by atoms with Crippen LogP contribution in [-0.4, -0.2) is 77.0 Å².